The summed E-state index contributed by atoms with van der Waals surface area (Å²) in [5.74, 6) is 0. The Balaban J connectivity index is 2.50. The van der Waals surface area contributed by atoms with Gasteiger partial charge in [0.2, 0.25) is 10.0 Å². The average molecular weight is 282 g/mol. The highest BCUT2D eigenvalue weighted by atomic mass is 32.2. The number of rotatable bonds is 2. The molecule has 5 heteroatoms. The Bertz CT molecular complexity index is 581. The van der Waals surface area contributed by atoms with Crippen LogP contribution in [-0.2, 0) is 10.0 Å². The Morgan fingerprint density at radius 2 is 1.95 bits per heavy atom. The van der Waals surface area contributed by atoms with E-state index >= 15 is 0 Å². The standard InChI is InChI=1S/C14H22N2O2S/c1-10-8-13(15)12(3)14(9-10)19(17,18)16-7-5-4-6-11(16)2/h8-9,11H,4-7,15H2,1-3H3. The second-order valence-corrected chi connectivity index (χ2v) is 7.30. The number of nitrogens with zero attached hydrogens (tertiary/aromatic N) is 1. The van der Waals surface area contributed by atoms with Crippen molar-refractivity contribution in [2.24, 2.45) is 0 Å². The zero-order valence-electron chi connectivity index (χ0n) is 11.8. The highest BCUT2D eigenvalue weighted by Gasteiger charge is 2.32. The Kier molecular flexibility index (Phi) is 3.87. The molecule has 1 aliphatic rings. The van der Waals surface area contributed by atoms with E-state index in [0.29, 0.717) is 22.7 Å². The molecule has 0 aliphatic carbocycles. The number of benzene rings is 1. The van der Waals surface area contributed by atoms with Gasteiger partial charge < -0.3 is 5.73 Å². The average Bonchev–Trinajstić information content (AvgIpc) is 2.34. The normalized spacial score (nSPS) is 21.5. The van der Waals surface area contributed by atoms with Crippen LogP contribution >= 0.6 is 0 Å². The monoisotopic (exact) mass is 282 g/mol. The summed E-state index contributed by atoms with van der Waals surface area (Å²) in [7, 11) is -3.43. The van der Waals surface area contributed by atoms with Gasteiger partial charge in [-0.2, -0.15) is 4.31 Å². The van der Waals surface area contributed by atoms with Gasteiger partial charge in [0.1, 0.15) is 0 Å². The fourth-order valence-electron chi connectivity index (χ4n) is 2.68. The van der Waals surface area contributed by atoms with Crippen LogP contribution in [0.4, 0.5) is 5.69 Å². The molecule has 0 spiro atoms. The fourth-order valence-corrected chi connectivity index (χ4v) is 4.72. The molecule has 1 aromatic carbocycles. The predicted molar refractivity (Wildman–Crippen MR) is 77.5 cm³/mol. The SMILES string of the molecule is Cc1cc(N)c(C)c(S(=O)(=O)N2CCCCC2C)c1. The van der Waals surface area contributed by atoms with Crippen LogP contribution in [0.5, 0.6) is 0 Å². The van der Waals surface area contributed by atoms with Crippen molar-refractivity contribution in [3.05, 3.63) is 23.3 Å². The number of aryl methyl sites for hydroxylation is 1. The van der Waals surface area contributed by atoms with Gasteiger partial charge in [0, 0.05) is 18.3 Å². The number of piperidine rings is 1. The zero-order valence-corrected chi connectivity index (χ0v) is 12.6. The van der Waals surface area contributed by atoms with Crippen LogP contribution in [0.15, 0.2) is 17.0 Å². The molecule has 0 amide bonds. The minimum Gasteiger partial charge on any atom is -0.398 e. The third-order valence-electron chi connectivity index (χ3n) is 3.87. The Hall–Kier alpha value is -1.07. The predicted octanol–water partition coefficient (Wildman–Crippen LogP) is 2.45. The van der Waals surface area contributed by atoms with Gasteiger partial charge in [0.05, 0.1) is 4.90 Å². The molecule has 19 heavy (non-hydrogen) atoms. The summed E-state index contributed by atoms with van der Waals surface area (Å²) in [6, 6.07) is 3.61. The lowest BCUT2D eigenvalue weighted by atomic mass is 10.1. The summed E-state index contributed by atoms with van der Waals surface area (Å²) in [4.78, 5) is 0.360. The third-order valence-corrected chi connectivity index (χ3v) is 6.01. The largest absolute Gasteiger partial charge is 0.398 e. The van der Waals surface area contributed by atoms with E-state index in [2.05, 4.69) is 0 Å². The zero-order chi connectivity index (χ0) is 14.2. The van der Waals surface area contributed by atoms with E-state index < -0.39 is 10.0 Å². The van der Waals surface area contributed by atoms with E-state index in [0.717, 1.165) is 24.8 Å². The Morgan fingerprint density at radius 1 is 1.26 bits per heavy atom. The maximum absolute atomic E-state index is 12.8. The molecule has 1 unspecified atom stereocenters. The molecule has 2 rings (SSSR count). The molecule has 1 atom stereocenters. The first-order valence-corrected chi connectivity index (χ1v) is 8.16. The van der Waals surface area contributed by atoms with E-state index in [4.69, 9.17) is 5.73 Å². The molecule has 0 radical (unpaired) electrons. The molecule has 1 aliphatic heterocycles. The molecule has 1 saturated heterocycles. The minimum absolute atomic E-state index is 0.0693. The van der Waals surface area contributed by atoms with Gasteiger partial charge in [-0.1, -0.05) is 6.42 Å². The number of nitrogens with two attached hydrogens (primary N) is 1. The lowest BCUT2D eigenvalue weighted by Crippen LogP contribution is -2.42. The molecular weight excluding hydrogens is 260 g/mol. The van der Waals surface area contributed by atoms with E-state index in [1.807, 2.05) is 19.9 Å². The molecule has 106 valence electrons. The van der Waals surface area contributed by atoms with Gasteiger partial charge in [-0.05, 0) is 56.9 Å². The van der Waals surface area contributed by atoms with Gasteiger partial charge in [-0.25, -0.2) is 8.42 Å². The van der Waals surface area contributed by atoms with E-state index in [-0.39, 0.29) is 6.04 Å². The van der Waals surface area contributed by atoms with Gasteiger partial charge in [-0.15, -0.1) is 0 Å². The Labute approximate surface area is 115 Å². The van der Waals surface area contributed by atoms with Crippen molar-refractivity contribution < 1.29 is 8.42 Å². The molecule has 1 aromatic rings. The third kappa shape index (κ3) is 2.62. The van der Waals surface area contributed by atoms with Crippen LogP contribution in [0, 0.1) is 13.8 Å². The van der Waals surface area contributed by atoms with Crippen LogP contribution in [0.2, 0.25) is 0 Å². The van der Waals surface area contributed by atoms with E-state index in [1.165, 1.54) is 0 Å². The van der Waals surface area contributed by atoms with Gasteiger partial charge >= 0.3 is 0 Å². The first-order chi connectivity index (χ1) is 8.84. The van der Waals surface area contributed by atoms with Crippen molar-refractivity contribution in [3.63, 3.8) is 0 Å². The van der Waals surface area contributed by atoms with Gasteiger partial charge in [-0.3, -0.25) is 0 Å². The molecule has 2 N–H and O–H groups in total. The number of hydrogen-bond donors (Lipinski definition) is 1. The van der Waals surface area contributed by atoms with Crippen LogP contribution < -0.4 is 5.73 Å². The highest BCUT2D eigenvalue weighted by Crippen LogP contribution is 2.29. The quantitative estimate of drug-likeness (QED) is 0.847. The summed E-state index contributed by atoms with van der Waals surface area (Å²) in [6.07, 6.45) is 2.96. The summed E-state index contributed by atoms with van der Waals surface area (Å²) in [5.41, 5.74) is 7.98. The van der Waals surface area contributed by atoms with Crippen molar-refractivity contribution in [2.75, 3.05) is 12.3 Å². The molecule has 0 aromatic heterocycles. The maximum Gasteiger partial charge on any atom is 0.243 e. The molecule has 1 heterocycles. The first kappa shape index (κ1) is 14.3. The fraction of sp³-hybridized carbons (Fsp3) is 0.571. The van der Waals surface area contributed by atoms with Crippen LogP contribution in [0.1, 0.15) is 37.3 Å². The second kappa shape index (κ2) is 5.13. The molecule has 0 bridgehead atoms. The van der Waals surface area contributed by atoms with E-state index in [9.17, 15) is 8.42 Å². The van der Waals surface area contributed by atoms with Crippen LogP contribution in [0.3, 0.4) is 0 Å². The van der Waals surface area contributed by atoms with Crippen molar-refractivity contribution in [2.45, 2.75) is 51.0 Å². The molecular formula is C14H22N2O2S. The van der Waals surface area contributed by atoms with Gasteiger partial charge in [0.25, 0.3) is 0 Å². The van der Waals surface area contributed by atoms with Crippen molar-refractivity contribution in [3.8, 4) is 0 Å². The summed E-state index contributed by atoms with van der Waals surface area (Å²) >= 11 is 0. The summed E-state index contributed by atoms with van der Waals surface area (Å²) in [6.45, 7) is 6.23. The Morgan fingerprint density at radius 3 is 2.58 bits per heavy atom. The molecule has 0 saturated carbocycles. The highest BCUT2D eigenvalue weighted by molar-refractivity contribution is 7.89. The number of hydrogen-bond acceptors (Lipinski definition) is 3. The number of nitrogen functional groups attached to an aromatic ring is 1. The minimum atomic E-state index is -3.43. The summed E-state index contributed by atoms with van der Waals surface area (Å²) in [5, 5.41) is 0. The van der Waals surface area contributed by atoms with E-state index in [1.54, 1.807) is 17.3 Å². The summed E-state index contributed by atoms with van der Waals surface area (Å²) < 4.78 is 27.2. The van der Waals surface area contributed by atoms with Crippen molar-refractivity contribution in [1.82, 2.24) is 4.31 Å². The maximum atomic E-state index is 12.8. The lowest BCUT2D eigenvalue weighted by Gasteiger charge is -2.32. The van der Waals surface area contributed by atoms with Crippen LogP contribution in [0.25, 0.3) is 0 Å². The topological polar surface area (TPSA) is 63.4 Å². The van der Waals surface area contributed by atoms with Crippen molar-refractivity contribution >= 4 is 15.7 Å². The van der Waals surface area contributed by atoms with Crippen LogP contribution in [-0.4, -0.2) is 25.3 Å². The smallest absolute Gasteiger partial charge is 0.243 e. The number of anilines is 1. The second-order valence-electron chi connectivity index (χ2n) is 5.44. The van der Waals surface area contributed by atoms with Crippen molar-refractivity contribution in [1.29, 1.82) is 0 Å². The number of sulfonamides is 1. The lowest BCUT2D eigenvalue weighted by molar-refractivity contribution is 0.268. The molecule has 4 nitrogen and oxygen atoms in total. The van der Waals surface area contributed by atoms with Gasteiger partial charge in [0.15, 0.2) is 0 Å². The first-order valence-electron chi connectivity index (χ1n) is 6.72. The molecule has 1 fully saturated rings.